The molecule has 0 amide bonds. The maximum Gasteiger partial charge on any atom is 0.133 e. The number of rotatable bonds is 1. The van der Waals surface area contributed by atoms with Crippen LogP contribution in [-0.4, -0.2) is 9.97 Å². The van der Waals surface area contributed by atoms with Gasteiger partial charge in [-0.2, -0.15) is 0 Å². The van der Waals surface area contributed by atoms with E-state index < -0.39 is 11.6 Å². The van der Waals surface area contributed by atoms with E-state index in [4.69, 9.17) is 0 Å². The monoisotopic (exact) mass is 292 g/mol. The van der Waals surface area contributed by atoms with Crippen LogP contribution in [0.15, 0.2) is 60.9 Å². The van der Waals surface area contributed by atoms with Gasteiger partial charge >= 0.3 is 0 Å². The molecule has 2 aromatic carbocycles. The van der Waals surface area contributed by atoms with Crippen molar-refractivity contribution in [2.75, 3.05) is 0 Å². The van der Waals surface area contributed by atoms with E-state index in [1.165, 1.54) is 12.1 Å². The number of nitrogens with zero attached hydrogens (tertiary/aromatic N) is 2. The van der Waals surface area contributed by atoms with Crippen LogP contribution in [0.4, 0.5) is 8.78 Å². The smallest absolute Gasteiger partial charge is 0.133 e. The van der Waals surface area contributed by atoms with E-state index in [2.05, 4.69) is 9.97 Å². The Morgan fingerprint density at radius 1 is 0.727 bits per heavy atom. The highest BCUT2D eigenvalue weighted by atomic mass is 19.1. The zero-order chi connectivity index (χ0) is 15.1. The lowest BCUT2D eigenvalue weighted by Crippen LogP contribution is -1.91. The summed E-state index contributed by atoms with van der Waals surface area (Å²) >= 11 is 0. The van der Waals surface area contributed by atoms with Crippen LogP contribution in [0.1, 0.15) is 0 Å². The van der Waals surface area contributed by atoms with Gasteiger partial charge in [0.05, 0.1) is 11.2 Å². The third-order valence-corrected chi connectivity index (χ3v) is 3.68. The topological polar surface area (TPSA) is 25.8 Å². The van der Waals surface area contributed by atoms with Gasteiger partial charge in [0.15, 0.2) is 0 Å². The molecule has 22 heavy (non-hydrogen) atoms. The molecule has 4 rings (SSSR count). The maximum atomic E-state index is 14.4. The van der Waals surface area contributed by atoms with E-state index in [1.807, 2.05) is 0 Å². The molecule has 0 aliphatic rings. The van der Waals surface area contributed by atoms with Crippen molar-refractivity contribution in [1.29, 1.82) is 0 Å². The molecule has 2 heterocycles. The van der Waals surface area contributed by atoms with Gasteiger partial charge in [0, 0.05) is 28.7 Å². The lowest BCUT2D eigenvalue weighted by molar-refractivity contribution is 0.631. The fourth-order valence-electron chi connectivity index (χ4n) is 2.66. The highest BCUT2D eigenvalue weighted by molar-refractivity contribution is 6.06. The Kier molecular flexibility index (Phi) is 2.82. The van der Waals surface area contributed by atoms with Crippen LogP contribution in [-0.2, 0) is 0 Å². The van der Waals surface area contributed by atoms with E-state index in [0.717, 1.165) is 0 Å². The predicted octanol–water partition coefficient (Wildman–Crippen LogP) is 4.73. The molecule has 2 nitrogen and oxygen atoms in total. The molecule has 0 fully saturated rings. The summed E-state index contributed by atoms with van der Waals surface area (Å²) in [6, 6.07) is 13.0. The number of halogens is 2. The molecule has 0 unspecified atom stereocenters. The largest absolute Gasteiger partial charge is 0.256 e. The molecule has 0 N–H and O–H groups in total. The molecule has 0 aliphatic heterocycles. The van der Waals surface area contributed by atoms with Crippen LogP contribution in [0.2, 0.25) is 0 Å². The molecule has 0 atom stereocenters. The van der Waals surface area contributed by atoms with Crippen molar-refractivity contribution in [1.82, 2.24) is 9.97 Å². The minimum Gasteiger partial charge on any atom is -0.256 e. The van der Waals surface area contributed by atoms with E-state index >= 15 is 0 Å². The van der Waals surface area contributed by atoms with Gasteiger partial charge in [0.1, 0.15) is 11.6 Å². The number of pyridine rings is 2. The van der Waals surface area contributed by atoms with Gasteiger partial charge in [0.2, 0.25) is 0 Å². The molecule has 0 radical (unpaired) electrons. The van der Waals surface area contributed by atoms with Crippen LogP contribution >= 0.6 is 0 Å². The zero-order valence-corrected chi connectivity index (χ0v) is 11.4. The predicted molar refractivity (Wildman–Crippen MR) is 82.4 cm³/mol. The second kappa shape index (κ2) is 4.84. The molecule has 0 saturated carbocycles. The molecule has 4 heteroatoms. The number of aromatic nitrogens is 2. The Bertz CT molecular complexity index is 998. The minimum atomic E-state index is -0.430. The first-order valence-corrected chi connectivity index (χ1v) is 6.82. The average Bonchev–Trinajstić information content (AvgIpc) is 2.55. The minimum absolute atomic E-state index is 0.381. The summed E-state index contributed by atoms with van der Waals surface area (Å²) < 4.78 is 28.5. The van der Waals surface area contributed by atoms with Gasteiger partial charge in [-0.3, -0.25) is 9.97 Å². The second-order valence-corrected chi connectivity index (χ2v) is 5.03. The first-order chi connectivity index (χ1) is 10.7. The van der Waals surface area contributed by atoms with Gasteiger partial charge < -0.3 is 0 Å². The Morgan fingerprint density at radius 3 is 2.36 bits per heavy atom. The Balaban J connectivity index is 2.12. The fourth-order valence-corrected chi connectivity index (χ4v) is 2.66. The third kappa shape index (κ3) is 1.92. The van der Waals surface area contributed by atoms with Crippen LogP contribution in [0.25, 0.3) is 32.9 Å². The van der Waals surface area contributed by atoms with Crippen molar-refractivity contribution < 1.29 is 8.78 Å². The number of hydrogen-bond acceptors (Lipinski definition) is 2. The van der Waals surface area contributed by atoms with Crippen molar-refractivity contribution in [2.45, 2.75) is 0 Å². The molecular weight excluding hydrogens is 282 g/mol. The first kappa shape index (κ1) is 12.8. The Labute approximate surface area is 125 Å². The fraction of sp³-hybridized carbons (Fsp3) is 0. The van der Waals surface area contributed by atoms with Crippen molar-refractivity contribution in [2.24, 2.45) is 0 Å². The molecule has 0 bridgehead atoms. The summed E-state index contributed by atoms with van der Waals surface area (Å²) in [5, 5.41) is 1.62. The van der Waals surface area contributed by atoms with Gasteiger partial charge in [-0.1, -0.05) is 6.07 Å². The summed E-state index contributed by atoms with van der Waals surface area (Å²) in [6.45, 7) is 0. The van der Waals surface area contributed by atoms with Gasteiger partial charge in [-0.05, 0) is 47.9 Å². The van der Waals surface area contributed by atoms with Crippen molar-refractivity contribution in [3.63, 3.8) is 0 Å². The number of hydrogen-bond donors (Lipinski definition) is 0. The van der Waals surface area contributed by atoms with E-state index in [9.17, 15) is 8.78 Å². The Hall–Kier alpha value is -2.88. The summed E-state index contributed by atoms with van der Waals surface area (Å²) in [4.78, 5) is 8.43. The Morgan fingerprint density at radius 2 is 1.55 bits per heavy atom. The molecular formula is C18H10F2N2. The lowest BCUT2D eigenvalue weighted by atomic mass is 10.0. The highest BCUT2D eigenvalue weighted by Crippen LogP contribution is 2.31. The maximum absolute atomic E-state index is 14.4. The standard InChI is InChI=1S/C18H10F2N2/c19-15-8-11-9-16(20)14(17-5-1-2-6-21-17)10-13(11)18-12(15)4-3-7-22-18/h1-10H. The summed E-state index contributed by atoms with van der Waals surface area (Å²) in [7, 11) is 0. The third-order valence-electron chi connectivity index (χ3n) is 3.68. The molecule has 0 saturated heterocycles. The second-order valence-electron chi connectivity index (χ2n) is 5.03. The van der Waals surface area contributed by atoms with Gasteiger partial charge in [-0.25, -0.2) is 8.78 Å². The number of fused-ring (bicyclic) bond motifs is 3. The molecule has 4 aromatic rings. The summed E-state index contributed by atoms with van der Waals surface area (Å²) in [5.41, 5.74) is 1.44. The molecule has 2 aromatic heterocycles. The molecule has 0 spiro atoms. The summed E-state index contributed by atoms with van der Waals surface area (Å²) in [5.74, 6) is -0.832. The van der Waals surface area contributed by atoms with Crippen molar-refractivity contribution >= 4 is 21.7 Å². The lowest BCUT2D eigenvalue weighted by Gasteiger charge is -2.08. The normalized spacial score (nSPS) is 11.2. The zero-order valence-electron chi connectivity index (χ0n) is 11.4. The molecule has 106 valence electrons. The average molecular weight is 292 g/mol. The van der Waals surface area contributed by atoms with Crippen LogP contribution in [0.5, 0.6) is 0 Å². The van der Waals surface area contributed by atoms with Crippen LogP contribution < -0.4 is 0 Å². The van der Waals surface area contributed by atoms with E-state index in [-0.39, 0.29) is 0 Å². The van der Waals surface area contributed by atoms with Gasteiger partial charge in [0.25, 0.3) is 0 Å². The highest BCUT2D eigenvalue weighted by Gasteiger charge is 2.13. The molecule has 0 aliphatic carbocycles. The van der Waals surface area contributed by atoms with Crippen molar-refractivity contribution in [3.8, 4) is 11.3 Å². The van der Waals surface area contributed by atoms with Gasteiger partial charge in [-0.15, -0.1) is 0 Å². The summed E-state index contributed by atoms with van der Waals surface area (Å²) in [6.07, 6.45) is 3.21. The quantitative estimate of drug-likeness (QED) is 0.474. The van der Waals surface area contributed by atoms with Crippen LogP contribution in [0.3, 0.4) is 0 Å². The SMILES string of the molecule is Fc1cc2cc(F)c3cccnc3c2cc1-c1ccccn1. The van der Waals surface area contributed by atoms with E-state index in [1.54, 1.807) is 48.8 Å². The number of benzene rings is 2. The first-order valence-electron chi connectivity index (χ1n) is 6.82. The van der Waals surface area contributed by atoms with Crippen molar-refractivity contribution in [3.05, 3.63) is 72.6 Å². The van der Waals surface area contributed by atoms with E-state index in [0.29, 0.717) is 32.9 Å². The van der Waals surface area contributed by atoms with Crippen LogP contribution in [0, 0.1) is 11.6 Å².